The summed E-state index contributed by atoms with van der Waals surface area (Å²) in [5, 5.41) is 8.81. The second kappa shape index (κ2) is 8.15. The molecule has 0 unspecified atom stereocenters. The van der Waals surface area contributed by atoms with E-state index < -0.39 is 5.97 Å². The number of carbonyl (C=O) groups excluding carboxylic acids is 1. The van der Waals surface area contributed by atoms with Crippen molar-refractivity contribution >= 4 is 11.9 Å². The summed E-state index contributed by atoms with van der Waals surface area (Å²) in [7, 11) is 0. The van der Waals surface area contributed by atoms with Crippen molar-refractivity contribution < 1.29 is 14.7 Å². The smallest absolute Gasteiger partial charge is 0.317 e. The number of amides is 1. The highest BCUT2D eigenvalue weighted by Gasteiger charge is 2.25. The first kappa shape index (κ1) is 16.0. The lowest BCUT2D eigenvalue weighted by Crippen LogP contribution is -2.47. The molecule has 5 nitrogen and oxygen atoms in total. The minimum atomic E-state index is -0.879. The molecule has 110 valence electrons. The standard InChI is InChI=1S/C14H26N2O3/c1-3-15(11-14(18)19)10-13(17)16(4-2)12-8-6-5-7-9-12/h12H,3-11H2,1-2H3,(H,18,19). The summed E-state index contributed by atoms with van der Waals surface area (Å²) in [5.41, 5.74) is 0. The minimum Gasteiger partial charge on any atom is -0.480 e. The molecule has 0 bridgehead atoms. The number of carboxylic acid groups (broad SMARTS) is 1. The summed E-state index contributed by atoms with van der Waals surface area (Å²) in [6.45, 7) is 5.33. The topological polar surface area (TPSA) is 60.9 Å². The molecule has 1 aliphatic carbocycles. The number of aliphatic carboxylic acids is 1. The van der Waals surface area contributed by atoms with Crippen LogP contribution < -0.4 is 0 Å². The Bertz CT molecular complexity index is 301. The molecule has 0 aliphatic heterocycles. The van der Waals surface area contributed by atoms with Crippen molar-refractivity contribution in [3.8, 4) is 0 Å². The Balaban J connectivity index is 2.54. The van der Waals surface area contributed by atoms with Gasteiger partial charge in [0.1, 0.15) is 0 Å². The van der Waals surface area contributed by atoms with Gasteiger partial charge >= 0.3 is 5.97 Å². The third kappa shape index (κ3) is 5.19. The third-order valence-corrected chi connectivity index (χ3v) is 3.84. The van der Waals surface area contributed by atoms with Gasteiger partial charge < -0.3 is 10.0 Å². The van der Waals surface area contributed by atoms with Gasteiger partial charge in [0.15, 0.2) is 0 Å². The Morgan fingerprint density at radius 3 is 2.16 bits per heavy atom. The lowest BCUT2D eigenvalue weighted by Gasteiger charge is -2.34. The molecule has 0 saturated heterocycles. The van der Waals surface area contributed by atoms with Gasteiger partial charge in [-0.2, -0.15) is 0 Å². The van der Waals surface area contributed by atoms with Crippen molar-refractivity contribution in [1.29, 1.82) is 0 Å². The highest BCUT2D eigenvalue weighted by atomic mass is 16.4. The number of nitrogens with zero attached hydrogens (tertiary/aromatic N) is 2. The number of hydrogen-bond acceptors (Lipinski definition) is 3. The van der Waals surface area contributed by atoms with Crippen molar-refractivity contribution in [2.75, 3.05) is 26.2 Å². The maximum atomic E-state index is 12.3. The molecule has 0 aromatic rings. The fourth-order valence-corrected chi connectivity index (χ4v) is 2.78. The minimum absolute atomic E-state index is 0.0650. The fraction of sp³-hybridized carbons (Fsp3) is 0.857. The van der Waals surface area contributed by atoms with Crippen molar-refractivity contribution in [3.63, 3.8) is 0 Å². The van der Waals surface area contributed by atoms with E-state index in [9.17, 15) is 9.59 Å². The van der Waals surface area contributed by atoms with Crippen LogP contribution in [-0.4, -0.2) is 59.0 Å². The van der Waals surface area contributed by atoms with E-state index in [2.05, 4.69) is 0 Å². The Kier molecular flexibility index (Phi) is 6.84. The van der Waals surface area contributed by atoms with Crippen LogP contribution in [-0.2, 0) is 9.59 Å². The van der Waals surface area contributed by atoms with Crippen molar-refractivity contribution in [2.24, 2.45) is 0 Å². The van der Waals surface area contributed by atoms with Crippen molar-refractivity contribution in [3.05, 3.63) is 0 Å². The van der Waals surface area contributed by atoms with Crippen molar-refractivity contribution in [2.45, 2.75) is 52.0 Å². The van der Waals surface area contributed by atoms with E-state index in [0.717, 1.165) is 12.8 Å². The van der Waals surface area contributed by atoms with Crippen LogP contribution >= 0.6 is 0 Å². The quantitative estimate of drug-likeness (QED) is 0.763. The molecule has 1 rings (SSSR count). The molecule has 0 aromatic carbocycles. The number of hydrogen-bond donors (Lipinski definition) is 1. The second-order valence-corrected chi connectivity index (χ2v) is 5.17. The van der Waals surface area contributed by atoms with E-state index in [0.29, 0.717) is 19.1 Å². The van der Waals surface area contributed by atoms with Gasteiger partial charge in [0, 0.05) is 12.6 Å². The lowest BCUT2D eigenvalue weighted by atomic mass is 9.94. The molecule has 1 amide bonds. The number of rotatable bonds is 7. The Labute approximate surface area is 115 Å². The average Bonchev–Trinajstić information content (AvgIpc) is 2.39. The zero-order valence-corrected chi connectivity index (χ0v) is 12.1. The molecule has 0 spiro atoms. The zero-order chi connectivity index (χ0) is 14.3. The molecule has 0 radical (unpaired) electrons. The summed E-state index contributed by atoms with van der Waals surface area (Å²) in [5.74, 6) is -0.812. The monoisotopic (exact) mass is 270 g/mol. The molecular weight excluding hydrogens is 244 g/mol. The molecule has 0 heterocycles. The van der Waals surface area contributed by atoms with Gasteiger partial charge in [-0.15, -0.1) is 0 Å². The summed E-state index contributed by atoms with van der Waals surface area (Å²) in [4.78, 5) is 26.7. The zero-order valence-electron chi connectivity index (χ0n) is 12.1. The predicted molar refractivity (Wildman–Crippen MR) is 74.0 cm³/mol. The van der Waals surface area contributed by atoms with Gasteiger partial charge in [-0.3, -0.25) is 14.5 Å². The van der Waals surface area contributed by atoms with Crippen LogP contribution in [0.4, 0.5) is 0 Å². The highest BCUT2D eigenvalue weighted by molar-refractivity contribution is 5.79. The molecule has 1 N–H and O–H groups in total. The normalized spacial score (nSPS) is 16.6. The second-order valence-electron chi connectivity index (χ2n) is 5.17. The Morgan fingerprint density at radius 1 is 1.05 bits per heavy atom. The molecular formula is C14H26N2O3. The Hall–Kier alpha value is -1.10. The first-order valence-corrected chi connectivity index (χ1v) is 7.32. The highest BCUT2D eigenvalue weighted by Crippen LogP contribution is 2.22. The van der Waals surface area contributed by atoms with Crippen molar-refractivity contribution in [1.82, 2.24) is 9.80 Å². The van der Waals surface area contributed by atoms with E-state index in [-0.39, 0.29) is 19.0 Å². The summed E-state index contributed by atoms with van der Waals surface area (Å²) in [6.07, 6.45) is 5.83. The molecule has 1 aliphatic rings. The van der Waals surface area contributed by atoms with E-state index in [1.54, 1.807) is 4.90 Å². The largest absolute Gasteiger partial charge is 0.480 e. The summed E-state index contributed by atoms with van der Waals surface area (Å²) in [6, 6.07) is 0.356. The predicted octanol–water partition coefficient (Wildman–Crippen LogP) is 1.57. The number of carboxylic acids is 1. The molecule has 19 heavy (non-hydrogen) atoms. The van der Waals surface area contributed by atoms with Gasteiger partial charge in [-0.25, -0.2) is 0 Å². The fourth-order valence-electron chi connectivity index (χ4n) is 2.78. The SMILES string of the molecule is CCN(CC(=O)O)CC(=O)N(CC)C1CCCCC1. The van der Waals surface area contributed by atoms with E-state index in [1.807, 2.05) is 18.7 Å². The van der Waals surface area contributed by atoms with Gasteiger partial charge in [-0.05, 0) is 26.3 Å². The lowest BCUT2D eigenvalue weighted by molar-refractivity contribution is -0.140. The summed E-state index contributed by atoms with van der Waals surface area (Å²) >= 11 is 0. The molecule has 0 atom stereocenters. The maximum Gasteiger partial charge on any atom is 0.317 e. The van der Waals surface area contributed by atoms with Gasteiger partial charge in [0.05, 0.1) is 13.1 Å². The first-order valence-electron chi connectivity index (χ1n) is 7.32. The third-order valence-electron chi connectivity index (χ3n) is 3.84. The van der Waals surface area contributed by atoms with Crippen LogP contribution in [0.25, 0.3) is 0 Å². The molecule has 5 heteroatoms. The van der Waals surface area contributed by atoms with E-state index >= 15 is 0 Å². The molecule has 0 aromatic heterocycles. The van der Waals surface area contributed by atoms with Crippen LogP contribution in [0.15, 0.2) is 0 Å². The van der Waals surface area contributed by atoms with E-state index in [1.165, 1.54) is 19.3 Å². The maximum absolute atomic E-state index is 12.3. The van der Waals surface area contributed by atoms with E-state index in [4.69, 9.17) is 5.11 Å². The van der Waals surface area contributed by atoms with Crippen LogP contribution in [0, 0.1) is 0 Å². The van der Waals surface area contributed by atoms with Crippen LogP contribution in [0.1, 0.15) is 46.0 Å². The number of likely N-dealkylation sites (N-methyl/N-ethyl adjacent to an activating group) is 2. The Morgan fingerprint density at radius 2 is 1.68 bits per heavy atom. The average molecular weight is 270 g/mol. The van der Waals surface area contributed by atoms with Gasteiger partial charge in [-0.1, -0.05) is 26.2 Å². The van der Waals surface area contributed by atoms with Gasteiger partial charge in [0.2, 0.25) is 5.91 Å². The van der Waals surface area contributed by atoms with Gasteiger partial charge in [0.25, 0.3) is 0 Å². The summed E-state index contributed by atoms with van der Waals surface area (Å²) < 4.78 is 0. The van der Waals surface area contributed by atoms with Crippen LogP contribution in [0.5, 0.6) is 0 Å². The first-order chi connectivity index (χ1) is 9.08. The van der Waals surface area contributed by atoms with Crippen LogP contribution in [0.3, 0.4) is 0 Å². The molecule has 1 saturated carbocycles. The number of carbonyl (C=O) groups is 2. The van der Waals surface area contributed by atoms with Crippen LogP contribution in [0.2, 0.25) is 0 Å². The molecule has 1 fully saturated rings.